The third-order valence-corrected chi connectivity index (χ3v) is 3.06. The molecule has 1 aromatic carbocycles. The second-order valence-electron chi connectivity index (χ2n) is 3.69. The number of ether oxygens (including phenoxy) is 1. The summed E-state index contributed by atoms with van der Waals surface area (Å²) in [6.45, 7) is 0.202. The predicted molar refractivity (Wildman–Crippen MR) is 72.0 cm³/mol. The second kappa shape index (κ2) is 5.91. The van der Waals surface area contributed by atoms with Crippen LogP contribution in [0, 0.1) is 0 Å². The monoisotopic (exact) mass is 297 g/mol. The molecular weight excluding hydrogens is 289 g/mol. The zero-order valence-electron chi connectivity index (χ0n) is 9.64. The van der Waals surface area contributed by atoms with Gasteiger partial charge in [-0.3, -0.25) is 0 Å². The first-order valence-corrected chi connectivity index (χ1v) is 6.08. The van der Waals surface area contributed by atoms with E-state index in [0.717, 1.165) is 5.56 Å². The molecule has 0 bridgehead atoms. The molecule has 0 unspecified atom stereocenters. The Kier molecular flexibility index (Phi) is 4.24. The maximum absolute atomic E-state index is 10.9. The number of rotatable bonds is 4. The zero-order valence-corrected chi connectivity index (χ0v) is 11.1. The van der Waals surface area contributed by atoms with Crippen molar-refractivity contribution in [1.29, 1.82) is 0 Å². The van der Waals surface area contributed by atoms with Crippen molar-refractivity contribution in [3.63, 3.8) is 0 Å². The average Bonchev–Trinajstić information content (AvgIpc) is 2.39. The summed E-state index contributed by atoms with van der Waals surface area (Å²) in [7, 11) is 0. The molecule has 0 aliphatic carbocycles. The van der Waals surface area contributed by atoms with E-state index in [-0.39, 0.29) is 23.1 Å². The van der Waals surface area contributed by atoms with E-state index < -0.39 is 5.97 Å². The van der Waals surface area contributed by atoms with Crippen LogP contribution in [0.1, 0.15) is 15.9 Å². The summed E-state index contributed by atoms with van der Waals surface area (Å²) in [5, 5.41) is 9.58. The fourth-order valence-electron chi connectivity index (χ4n) is 1.43. The maximum atomic E-state index is 10.9. The molecule has 1 heterocycles. The Morgan fingerprint density at radius 2 is 2.00 bits per heavy atom. The largest absolute Gasteiger partial charge is 0.478 e. The van der Waals surface area contributed by atoms with E-state index in [4.69, 9.17) is 33.0 Å². The van der Waals surface area contributed by atoms with Gasteiger partial charge in [-0.05, 0) is 6.07 Å². The molecule has 0 saturated heterocycles. The van der Waals surface area contributed by atoms with Gasteiger partial charge in [0.05, 0.1) is 16.8 Å². The van der Waals surface area contributed by atoms with Crippen molar-refractivity contribution in [3.05, 3.63) is 57.7 Å². The summed E-state index contributed by atoms with van der Waals surface area (Å²) >= 11 is 11.7. The Morgan fingerprint density at radius 3 is 2.68 bits per heavy atom. The summed E-state index contributed by atoms with van der Waals surface area (Å²) in [6, 6.07) is 8.49. The maximum Gasteiger partial charge on any atom is 0.337 e. The van der Waals surface area contributed by atoms with Gasteiger partial charge in [0.15, 0.2) is 0 Å². The van der Waals surface area contributed by atoms with Gasteiger partial charge in [-0.1, -0.05) is 41.4 Å². The van der Waals surface area contributed by atoms with Crippen LogP contribution in [0.3, 0.4) is 0 Å². The Hall–Kier alpha value is -1.78. The van der Waals surface area contributed by atoms with Crippen LogP contribution in [0.15, 0.2) is 36.5 Å². The molecule has 0 fully saturated rings. The highest BCUT2D eigenvalue weighted by atomic mass is 35.5. The van der Waals surface area contributed by atoms with E-state index in [1.165, 1.54) is 12.3 Å². The Bertz CT molecular complexity index is 617. The predicted octanol–water partition coefficient (Wildman–Crippen LogP) is 3.67. The summed E-state index contributed by atoms with van der Waals surface area (Å²) < 4.78 is 5.40. The van der Waals surface area contributed by atoms with Gasteiger partial charge in [0, 0.05) is 16.7 Å². The molecule has 19 heavy (non-hydrogen) atoms. The minimum atomic E-state index is -1.13. The lowest BCUT2D eigenvalue weighted by Crippen LogP contribution is -2.02. The van der Waals surface area contributed by atoms with Crippen molar-refractivity contribution in [2.75, 3.05) is 0 Å². The van der Waals surface area contributed by atoms with Gasteiger partial charge in [0.1, 0.15) is 6.61 Å². The van der Waals surface area contributed by atoms with E-state index in [9.17, 15) is 4.79 Å². The molecule has 1 N–H and O–H groups in total. The molecule has 0 saturated carbocycles. The quantitative estimate of drug-likeness (QED) is 0.935. The van der Waals surface area contributed by atoms with Gasteiger partial charge in [-0.25, -0.2) is 9.78 Å². The van der Waals surface area contributed by atoms with Crippen molar-refractivity contribution in [2.45, 2.75) is 6.61 Å². The number of benzene rings is 1. The standard InChI is InChI=1S/C13H9Cl2NO3/c14-10-4-2-1-3-8(10)7-19-12-5-9(13(17)18)11(15)6-16-12/h1-6H,7H2,(H,17,18). The summed E-state index contributed by atoms with van der Waals surface area (Å²) in [4.78, 5) is 14.8. The molecule has 2 aromatic rings. The van der Waals surface area contributed by atoms with Crippen molar-refractivity contribution in [3.8, 4) is 5.88 Å². The van der Waals surface area contributed by atoms with E-state index in [1.807, 2.05) is 18.2 Å². The third-order valence-electron chi connectivity index (χ3n) is 2.39. The van der Waals surface area contributed by atoms with Crippen LogP contribution >= 0.6 is 23.2 Å². The van der Waals surface area contributed by atoms with Gasteiger partial charge in [0.25, 0.3) is 0 Å². The smallest absolute Gasteiger partial charge is 0.337 e. The molecule has 0 atom stereocenters. The summed E-state index contributed by atoms with van der Waals surface area (Å²) in [6.07, 6.45) is 1.24. The molecule has 6 heteroatoms. The first kappa shape index (κ1) is 13.6. The number of nitrogens with zero attached hydrogens (tertiary/aromatic N) is 1. The van der Waals surface area contributed by atoms with E-state index >= 15 is 0 Å². The number of carboxylic acids is 1. The number of pyridine rings is 1. The van der Waals surface area contributed by atoms with Crippen LogP contribution in [-0.2, 0) is 6.61 Å². The minimum absolute atomic E-state index is 0.0502. The van der Waals surface area contributed by atoms with Crippen molar-refractivity contribution in [1.82, 2.24) is 4.98 Å². The highest BCUT2D eigenvalue weighted by molar-refractivity contribution is 6.33. The number of halogens is 2. The molecule has 0 aliphatic heterocycles. The molecular formula is C13H9Cl2NO3. The van der Waals surface area contributed by atoms with Crippen molar-refractivity contribution >= 4 is 29.2 Å². The van der Waals surface area contributed by atoms with Crippen LogP contribution in [0.2, 0.25) is 10.0 Å². The number of hydrogen-bond donors (Lipinski definition) is 1. The first-order chi connectivity index (χ1) is 9.08. The van der Waals surface area contributed by atoms with Crippen LogP contribution in [0.5, 0.6) is 5.88 Å². The zero-order chi connectivity index (χ0) is 13.8. The summed E-state index contributed by atoms with van der Waals surface area (Å²) in [5.41, 5.74) is 0.739. The topological polar surface area (TPSA) is 59.4 Å². The normalized spacial score (nSPS) is 10.2. The molecule has 1 aromatic heterocycles. The highest BCUT2D eigenvalue weighted by Crippen LogP contribution is 2.21. The van der Waals surface area contributed by atoms with E-state index in [0.29, 0.717) is 5.02 Å². The fourth-order valence-corrected chi connectivity index (χ4v) is 1.80. The Morgan fingerprint density at radius 1 is 1.26 bits per heavy atom. The molecule has 0 radical (unpaired) electrons. The first-order valence-electron chi connectivity index (χ1n) is 5.33. The number of carboxylic acid groups (broad SMARTS) is 1. The van der Waals surface area contributed by atoms with Crippen LogP contribution in [0.25, 0.3) is 0 Å². The summed E-state index contributed by atoms with van der Waals surface area (Å²) in [5.74, 6) is -0.947. The van der Waals surface area contributed by atoms with E-state index in [2.05, 4.69) is 4.98 Å². The van der Waals surface area contributed by atoms with Crippen LogP contribution in [-0.4, -0.2) is 16.1 Å². The SMILES string of the molecule is O=C(O)c1cc(OCc2ccccc2Cl)ncc1Cl. The number of aromatic nitrogens is 1. The lowest BCUT2D eigenvalue weighted by molar-refractivity contribution is 0.0696. The van der Waals surface area contributed by atoms with Crippen molar-refractivity contribution in [2.24, 2.45) is 0 Å². The molecule has 98 valence electrons. The van der Waals surface area contributed by atoms with Gasteiger partial charge in [-0.15, -0.1) is 0 Å². The third kappa shape index (κ3) is 3.36. The van der Waals surface area contributed by atoms with E-state index in [1.54, 1.807) is 6.07 Å². The molecule has 4 nitrogen and oxygen atoms in total. The second-order valence-corrected chi connectivity index (χ2v) is 4.50. The van der Waals surface area contributed by atoms with Crippen molar-refractivity contribution < 1.29 is 14.6 Å². The molecule has 0 aliphatic rings. The lowest BCUT2D eigenvalue weighted by Gasteiger charge is -2.07. The molecule has 2 rings (SSSR count). The Labute approximate surface area is 119 Å². The molecule has 0 amide bonds. The highest BCUT2D eigenvalue weighted by Gasteiger charge is 2.11. The minimum Gasteiger partial charge on any atom is -0.478 e. The fraction of sp³-hybridized carbons (Fsp3) is 0.0769. The van der Waals surface area contributed by atoms with Gasteiger partial charge in [0.2, 0.25) is 5.88 Å². The van der Waals surface area contributed by atoms with Crippen LogP contribution < -0.4 is 4.74 Å². The van der Waals surface area contributed by atoms with Gasteiger partial charge < -0.3 is 9.84 Å². The average molecular weight is 298 g/mol. The number of aromatic carboxylic acids is 1. The number of carbonyl (C=O) groups is 1. The van der Waals surface area contributed by atoms with Gasteiger partial charge >= 0.3 is 5.97 Å². The number of hydrogen-bond acceptors (Lipinski definition) is 3. The van der Waals surface area contributed by atoms with Crippen LogP contribution in [0.4, 0.5) is 0 Å². The lowest BCUT2D eigenvalue weighted by atomic mass is 10.2. The molecule has 0 spiro atoms. The Balaban J connectivity index is 2.14. The van der Waals surface area contributed by atoms with Gasteiger partial charge in [-0.2, -0.15) is 0 Å².